The van der Waals surface area contributed by atoms with Gasteiger partial charge in [-0.25, -0.2) is 0 Å². The van der Waals surface area contributed by atoms with Crippen molar-refractivity contribution in [2.24, 2.45) is 10.7 Å². The van der Waals surface area contributed by atoms with E-state index >= 15 is 0 Å². The van der Waals surface area contributed by atoms with Crippen LogP contribution in [0.3, 0.4) is 0 Å². The van der Waals surface area contributed by atoms with E-state index in [2.05, 4.69) is 20.1 Å². The Morgan fingerprint density at radius 1 is 1.04 bits per heavy atom. The SMILES string of the molecule is NC(=NCCNC(=O)c1ccccc1)N1CCN(c2ccc(Cl)cc2)CC1. The molecule has 7 heteroatoms. The Hall–Kier alpha value is -2.73. The van der Waals surface area contributed by atoms with Crippen LogP contribution >= 0.6 is 11.6 Å². The first kappa shape index (κ1) is 19.0. The van der Waals surface area contributed by atoms with Gasteiger partial charge in [-0.2, -0.15) is 0 Å². The smallest absolute Gasteiger partial charge is 0.251 e. The Morgan fingerprint density at radius 2 is 1.70 bits per heavy atom. The van der Waals surface area contributed by atoms with Gasteiger partial charge in [0.1, 0.15) is 0 Å². The van der Waals surface area contributed by atoms with Gasteiger partial charge in [0.05, 0.1) is 6.54 Å². The second kappa shape index (κ2) is 9.28. The van der Waals surface area contributed by atoms with Crippen LogP contribution in [-0.2, 0) is 0 Å². The highest BCUT2D eigenvalue weighted by molar-refractivity contribution is 6.30. The number of hydrogen-bond donors (Lipinski definition) is 2. The predicted octanol–water partition coefficient (Wildman–Crippen LogP) is 2.21. The highest BCUT2D eigenvalue weighted by atomic mass is 35.5. The summed E-state index contributed by atoms with van der Waals surface area (Å²) in [6, 6.07) is 17.0. The van der Waals surface area contributed by atoms with Crippen LogP contribution in [0, 0.1) is 0 Å². The standard InChI is InChI=1S/C20H24ClN5O/c21-17-6-8-18(9-7-17)25-12-14-26(15-13-25)20(22)24-11-10-23-19(27)16-4-2-1-3-5-16/h1-9H,10-15H2,(H2,22,24)(H,23,27). The van der Waals surface area contributed by atoms with Gasteiger partial charge in [0.2, 0.25) is 0 Å². The topological polar surface area (TPSA) is 74.0 Å². The molecule has 3 rings (SSSR count). The fourth-order valence-electron chi connectivity index (χ4n) is 2.98. The number of piperazine rings is 1. The van der Waals surface area contributed by atoms with Crippen LogP contribution in [0.1, 0.15) is 10.4 Å². The van der Waals surface area contributed by atoms with E-state index in [1.54, 1.807) is 12.1 Å². The van der Waals surface area contributed by atoms with Crippen molar-refractivity contribution in [1.82, 2.24) is 10.2 Å². The Labute approximate surface area is 164 Å². The molecule has 1 amide bonds. The minimum atomic E-state index is -0.0963. The summed E-state index contributed by atoms with van der Waals surface area (Å²) in [4.78, 5) is 20.7. The summed E-state index contributed by atoms with van der Waals surface area (Å²) < 4.78 is 0. The molecule has 0 atom stereocenters. The molecule has 6 nitrogen and oxygen atoms in total. The van der Waals surface area contributed by atoms with Crippen LogP contribution in [0.15, 0.2) is 59.6 Å². The summed E-state index contributed by atoms with van der Waals surface area (Å²) in [6.45, 7) is 4.30. The third-order valence-corrected chi connectivity index (χ3v) is 4.75. The van der Waals surface area contributed by atoms with Gasteiger partial charge in [-0.1, -0.05) is 29.8 Å². The minimum absolute atomic E-state index is 0.0963. The third kappa shape index (κ3) is 5.37. The minimum Gasteiger partial charge on any atom is -0.370 e. The quantitative estimate of drug-likeness (QED) is 0.470. The van der Waals surface area contributed by atoms with E-state index in [9.17, 15) is 4.79 Å². The number of rotatable bonds is 5. The predicted molar refractivity (Wildman–Crippen MR) is 111 cm³/mol. The number of anilines is 1. The fraction of sp³-hybridized carbons (Fsp3) is 0.300. The Kier molecular flexibility index (Phi) is 6.54. The van der Waals surface area contributed by atoms with E-state index in [1.165, 1.54) is 0 Å². The summed E-state index contributed by atoms with van der Waals surface area (Å²) in [5.41, 5.74) is 7.92. The van der Waals surface area contributed by atoms with E-state index in [0.29, 0.717) is 24.6 Å². The second-order valence-corrected chi connectivity index (χ2v) is 6.75. The number of benzene rings is 2. The normalized spacial score (nSPS) is 14.9. The number of nitrogens with two attached hydrogens (primary N) is 1. The molecule has 1 aliphatic rings. The van der Waals surface area contributed by atoms with E-state index in [4.69, 9.17) is 17.3 Å². The largest absolute Gasteiger partial charge is 0.370 e. The molecular weight excluding hydrogens is 362 g/mol. The maximum Gasteiger partial charge on any atom is 0.251 e. The summed E-state index contributed by atoms with van der Waals surface area (Å²) in [5, 5.41) is 3.59. The second-order valence-electron chi connectivity index (χ2n) is 6.31. The van der Waals surface area contributed by atoms with Crippen LogP contribution in [0.4, 0.5) is 5.69 Å². The summed E-state index contributed by atoms with van der Waals surface area (Å²) in [7, 11) is 0. The first-order chi connectivity index (χ1) is 13.1. The molecule has 1 heterocycles. The fourth-order valence-corrected chi connectivity index (χ4v) is 3.10. The van der Waals surface area contributed by atoms with Crippen molar-refractivity contribution in [3.63, 3.8) is 0 Å². The number of nitrogens with zero attached hydrogens (tertiary/aromatic N) is 3. The average molecular weight is 386 g/mol. The molecule has 0 aromatic heterocycles. The van der Waals surface area contributed by atoms with Crippen molar-refractivity contribution in [3.8, 4) is 0 Å². The number of nitrogens with one attached hydrogen (secondary N) is 1. The van der Waals surface area contributed by atoms with Gasteiger partial charge < -0.3 is 20.9 Å². The highest BCUT2D eigenvalue weighted by Crippen LogP contribution is 2.19. The maximum atomic E-state index is 12.0. The molecule has 0 unspecified atom stereocenters. The van der Waals surface area contributed by atoms with Crippen LogP contribution < -0.4 is 16.0 Å². The Morgan fingerprint density at radius 3 is 2.37 bits per heavy atom. The van der Waals surface area contributed by atoms with Crippen molar-refractivity contribution in [3.05, 3.63) is 65.2 Å². The zero-order valence-electron chi connectivity index (χ0n) is 15.1. The average Bonchev–Trinajstić information content (AvgIpc) is 2.72. The lowest BCUT2D eigenvalue weighted by Crippen LogP contribution is -2.51. The van der Waals surface area contributed by atoms with Gasteiger partial charge in [0.25, 0.3) is 5.91 Å². The van der Waals surface area contributed by atoms with E-state index in [0.717, 1.165) is 36.9 Å². The molecule has 0 radical (unpaired) electrons. The Balaban J connectivity index is 1.41. The molecule has 1 fully saturated rings. The molecule has 1 saturated heterocycles. The number of carbonyl (C=O) groups is 1. The van der Waals surface area contributed by atoms with Crippen molar-refractivity contribution in [1.29, 1.82) is 0 Å². The number of aliphatic imine (C=N–C) groups is 1. The summed E-state index contributed by atoms with van der Waals surface area (Å²) in [5.74, 6) is 0.431. The van der Waals surface area contributed by atoms with Gasteiger partial charge in [-0.15, -0.1) is 0 Å². The third-order valence-electron chi connectivity index (χ3n) is 4.50. The maximum absolute atomic E-state index is 12.0. The number of halogens is 1. The van der Waals surface area contributed by atoms with E-state index in [1.807, 2.05) is 42.5 Å². The van der Waals surface area contributed by atoms with Crippen molar-refractivity contribution < 1.29 is 4.79 Å². The van der Waals surface area contributed by atoms with E-state index < -0.39 is 0 Å². The highest BCUT2D eigenvalue weighted by Gasteiger charge is 2.18. The van der Waals surface area contributed by atoms with Gasteiger partial charge in [-0.3, -0.25) is 9.79 Å². The summed E-state index contributed by atoms with van der Waals surface area (Å²) in [6.07, 6.45) is 0. The number of amides is 1. The van der Waals surface area contributed by atoms with E-state index in [-0.39, 0.29) is 5.91 Å². The van der Waals surface area contributed by atoms with Crippen LogP contribution in [0.2, 0.25) is 5.02 Å². The van der Waals surface area contributed by atoms with Crippen molar-refractivity contribution in [2.75, 3.05) is 44.2 Å². The zero-order chi connectivity index (χ0) is 19.1. The lowest BCUT2D eigenvalue weighted by molar-refractivity contribution is 0.0955. The summed E-state index contributed by atoms with van der Waals surface area (Å²) >= 11 is 5.94. The molecule has 0 spiro atoms. The molecule has 27 heavy (non-hydrogen) atoms. The lowest BCUT2D eigenvalue weighted by Gasteiger charge is -2.36. The molecule has 0 bridgehead atoms. The number of guanidine groups is 1. The van der Waals surface area contributed by atoms with Crippen LogP contribution in [0.25, 0.3) is 0 Å². The first-order valence-electron chi connectivity index (χ1n) is 9.02. The molecule has 142 valence electrons. The molecule has 3 N–H and O–H groups in total. The van der Waals surface area contributed by atoms with Gasteiger partial charge in [0, 0.05) is 49.0 Å². The van der Waals surface area contributed by atoms with Crippen LogP contribution in [0.5, 0.6) is 0 Å². The monoisotopic (exact) mass is 385 g/mol. The van der Waals surface area contributed by atoms with Crippen molar-refractivity contribution in [2.45, 2.75) is 0 Å². The molecular formula is C20H24ClN5O. The molecule has 2 aromatic rings. The van der Waals surface area contributed by atoms with Crippen LogP contribution in [-0.4, -0.2) is 56.0 Å². The molecule has 0 aliphatic carbocycles. The number of carbonyl (C=O) groups excluding carboxylic acids is 1. The van der Waals surface area contributed by atoms with Gasteiger partial charge in [-0.05, 0) is 36.4 Å². The molecule has 0 saturated carbocycles. The Bertz CT molecular complexity index is 771. The molecule has 1 aliphatic heterocycles. The van der Waals surface area contributed by atoms with Gasteiger partial charge >= 0.3 is 0 Å². The number of hydrogen-bond acceptors (Lipinski definition) is 3. The molecule has 2 aromatic carbocycles. The van der Waals surface area contributed by atoms with Crippen molar-refractivity contribution >= 4 is 29.2 Å². The zero-order valence-corrected chi connectivity index (χ0v) is 15.9. The first-order valence-corrected chi connectivity index (χ1v) is 9.40. The van der Waals surface area contributed by atoms with Gasteiger partial charge in [0.15, 0.2) is 5.96 Å². The lowest BCUT2D eigenvalue weighted by atomic mass is 10.2.